The molecule has 0 unspecified atom stereocenters. The van der Waals surface area contributed by atoms with E-state index < -0.39 is 0 Å². The number of hydrogen-bond donors (Lipinski definition) is 1. The molecule has 1 aliphatic rings. The summed E-state index contributed by atoms with van der Waals surface area (Å²) in [6.45, 7) is 4.94. The van der Waals surface area contributed by atoms with Crippen LogP contribution in [0.3, 0.4) is 0 Å². The van der Waals surface area contributed by atoms with Gasteiger partial charge in [0.05, 0.1) is 6.61 Å². The summed E-state index contributed by atoms with van der Waals surface area (Å²) in [6, 6.07) is 0. The van der Waals surface area contributed by atoms with Crippen molar-refractivity contribution in [3.05, 3.63) is 0 Å². The molecule has 0 bridgehead atoms. The van der Waals surface area contributed by atoms with Crippen molar-refractivity contribution in [3.63, 3.8) is 0 Å². The molecule has 1 N–H and O–H groups in total. The summed E-state index contributed by atoms with van der Waals surface area (Å²) in [7, 11) is 0. The molecule has 3 nitrogen and oxygen atoms in total. The van der Waals surface area contributed by atoms with Crippen molar-refractivity contribution in [1.29, 1.82) is 0 Å². The molecule has 1 rings (SSSR count). The Hall–Kier alpha value is -0.0000000000000000278. The van der Waals surface area contributed by atoms with Crippen LogP contribution in [0.2, 0.25) is 0 Å². The first kappa shape index (κ1) is 12.1. The largest absolute Gasteiger partial charge is 0.362 e. The van der Waals surface area contributed by atoms with E-state index in [9.17, 15) is 0 Å². The lowest BCUT2D eigenvalue weighted by molar-refractivity contribution is 0.347. The van der Waals surface area contributed by atoms with E-state index in [-0.39, 0.29) is 0 Å². The summed E-state index contributed by atoms with van der Waals surface area (Å²) in [6.07, 6.45) is 4.65. The maximum Gasteiger partial charge on any atom is 0.180 e. The Morgan fingerprint density at radius 3 is 3.21 bits per heavy atom. The number of hydrogen-bond acceptors (Lipinski definition) is 3. The number of thiocarbonyl (C=S) groups is 1. The third-order valence-corrected chi connectivity index (χ3v) is 3.31. The van der Waals surface area contributed by atoms with E-state index in [0.717, 1.165) is 31.2 Å². The van der Waals surface area contributed by atoms with E-state index in [1.165, 1.54) is 31.5 Å². The van der Waals surface area contributed by atoms with Crippen molar-refractivity contribution >= 4 is 29.6 Å². The zero-order chi connectivity index (χ0) is 10.2. The molecule has 14 heavy (non-hydrogen) atoms. The van der Waals surface area contributed by atoms with E-state index in [4.69, 9.17) is 16.4 Å². The van der Waals surface area contributed by atoms with Gasteiger partial charge in [-0.2, -0.15) is 0 Å². The van der Waals surface area contributed by atoms with Crippen molar-refractivity contribution < 1.29 is 4.18 Å². The average molecular weight is 234 g/mol. The fourth-order valence-corrected chi connectivity index (χ4v) is 2.08. The average Bonchev–Trinajstić information content (AvgIpc) is 2.39. The van der Waals surface area contributed by atoms with E-state index in [1.54, 1.807) is 0 Å². The lowest BCUT2D eigenvalue weighted by atomic mass is 10.3. The van der Waals surface area contributed by atoms with E-state index in [2.05, 4.69) is 12.2 Å². The Morgan fingerprint density at radius 2 is 2.43 bits per heavy atom. The van der Waals surface area contributed by atoms with Crippen molar-refractivity contribution in [2.75, 3.05) is 19.7 Å². The number of nitrogens with one attached hydrogen (secondary N) is 1. The van der Waals surface area contributed by atoms with Gasteiger partial charge in [0, 0.05) is 13.1 Å². The third kappa shape index (κ3) is 4.48. The van der Waals surface area contributed by atoms with Crippen molar-refractivity contribution in [3.8, 4) is 0 Å². The Bertz CT molecular complexity index is 178. The molecule has 1 fully saturated rings. The topological polar surface area (TPSA) is 24.5 Å². The molecule has 1 saturated heterocycles. The Balaban J connectivity index is 2.16. The highest BCUT2D eigenvalue weighted by atomic mass is 32.2. The molecule has 0 aromatic carbocycles. The Kier molecular flexibility index (Phi) is 6.31. The second-order valence-electron chi connectivity index (χ2n) is 3.29. The standard InChI is InChI=1S/C9H18N2OS2/c1-2-3-8-12-14-11-7-5-4-6-10-9(11)13/h2-8H2,1H3,(H,10,13). The summed E-state index contributed by atoms with van der Waals surface area (Å²) in [5.74, 6) is 0. The molecule has 0 aliphatic carbocycles. The van der Waals surface area contributed by atoms with Crippen LogP contribution in [0.5, 0.6) is 0 Å². The van der Waals surface area contributed by atoms with Crippen LogP contribution < -0.4 is 5.32 Å². The van der Waals surface area contributed by atoms with Crippen LogP contribution in [0.25, 0.3) is 0 Å². The van der Waals surface area contributed by atoms with Crippen LogP contribution in [0, 0.1) is 0 Å². The van der Waals surface area contributed by atoms with Gasteiger partial charge in [-0.05, 0) is 31.5 Å². The monoisotopic (exact) mass is 234 g/mol. The molecule has 0 spiro atoms. The summed E-state index contributed by atoms with van der Waals surface area (Å²) in [4.78, 5) is 0. The SMILES string of the molecule is CCCCOSN1CCCCNC1=S. The van der Waals surface area contributed by atoms with Gasteiger partial charge in [-0.3, -0.25) is 8.49 Å². The van der Waals surface area contributed by atoms with Crippen LogP contribution in [-0.2, 0) is 4.18 Å². The van der Waals surface area contributed by atoms with Crippen LogP contribution in [0.1, 0.15) is 32.6 Å². The third-order valence-electron chi connectivity index (χ3n) is 2.01. The molecule has 82 valence electrons. The summed E-state index contributed by atoms with van der Waals surface area (Å²) in [5, 5.41) is 4.00. The van der Waals surface area contributed by atoms with E-state index in [1.807, 2.05) is 4.31 Å². The number of nitrogens with zero attached hydrogens (tertiary/aromatic N) is 1. The van der Waals surface area contributed by atoms with Crippen LogP contribution >= 0.6 is 24.4 Å². The number of rotatable bonds is 5. The van der Waals surface area contributed by atoms with Crippen LogP contribution in [0.4, 0.5) is 0 Å². The quantitative estimate of drug-likeness (QED) is 0.341. The summed E-state index contributed by atoms with van der Waals surface area (Å²) < 4.78 is 7.48. The fraction of sp³-hybridized carbons (Fsp3) is 0.889. The molecule has 0 saturated carbocycles. The first-order valence-electron chi connectivity index (χ1n) is 5.19. The second-order valence-corrected chi connectivity index (χ2v) is 4.50. The minimum absolute atomic E-state index is 0.806. The molecule has 5 heteroatoms. The van der Waals surface area contributed by atoms with Gasteiger partial charge in [-0.25, -0.2) is 0 Å². The van der Waals surface area contributed by atoms with Crippen molar-refractivity contribution in [2.24, 2.45) is 0 Å². The summed E-state index contributed by atoms with van der Waals surface area (Å²) in [5.41, 5.74) is 0. The Morgan fingerprint density at radius 1 is 1.57 bits per heavy atom. The lowest BCUT2D eigenvalue weighted by Crippen LogP contribution is -2.33. The molecule has 1 heterocycles. The second kappa shape index (κ2) is 7.31. The molecular weight excluding hydrogens is 216 g/mol. The van der Waals surface area contributed by atoms with Gasteiger partial charge in [0.25, 0.3) is 0 Å². The van der Waals surface area contributed by atoms with Crippen LogP contribution in [0.15, 0.2) is 0 Å². The van der Waals surface area contributed by atoms with Crippen molar-refractivity contribution in [1.82, 2.24) is 9.62 Å². The van der Waals surface area contributed by atoms with E-state index >= 15 is 0 Å². The first-order valence-corrected chi connectivity index (χ1v) is 6.30. The predicted octanol–water partition coefficient (Wildman–Crippen LogP) is 2.34. The smallest absolute Gasteiger partial charge is 0.180 e. The van der Waals surface area contributed by atoms with Gasteiger partial charge in [-0.1, -0.05) is 13.3 Å². The molecule has 0 aromatic rings. The highest BCUT2D eigenvalue weighted by Crippen LogP contribution is 2.15. The normalized spacial score (nSPS) is 17.8. The van der Waals surface area contributed by atoms with Gasteiger partial charge in [-0.15, -0.1) is 0 Å². The maximum atomic E-state index is 5.45. The Labute approximate surface area is 95.9 Å². The first-order chi connectivity index (χ1) is 6.84. The minimum Gasteiger partial charge on any atom is -0.362 e. The predicted molar refractivity (Wildman–Crippen MR) is 65.0 cm³/mol. The molecular formula is C9H18N2OS2. The lowest BCUT2D eigenvalue weighted by Gasteiger charge is -2.19. The van der Waals surface area contributed by atoms with Gasteiger partial charge in [0.2, 0.25) is 0 Å². The highest BCUT2D eigenvalue weighted by Gasteiger charge is 2.13. The van der Waals surface area contributed by atoms with Gasteiger partial charge in [0.15, 0.2) is 5.11 Å². The van der Waals surface area contributed by atoms with E-state index in [0.29, 0.717) is 0 Å². The van der Waals surface area contributed by atoms with Gasteiger partial charge < -0.3 is 5.32 Å². The molecule has 0 atom stereocenters. The zero-order valence-electron chi connectivity index (χ0n) is 8.62. The molecule has 0 amide bonds. The molecule has 0 radical (unpaired) electrons. The highest BCUT2D eigenvalue weighted by molar-refractivity contribution is 7.94. The molecule has 0 aromatic heterocycles. The maximum absolute atomic E-state index is 5.45. The van der Waals surface area contributed by atoms with Crippen LogP contribution in [-0.4, -0.2) is 29.1 Å². The zero-order valence-corrected chi connectivity index (χ0v) is 10.3. The van der Waals surface area contributed by atoms with Gasteiger partial charge in [0.1, 0.15) is 12.2 Å². The van der Waals surface area contributed by atoms with Crippen molar-refractivity contribution in [2.45, 2.75) is 32.6 Å². The fourth-order valence-electron chi connectivity index (χ4n) is 1.14. The molecule has 1 aliphatic heterocycles. The minimum atomic E-state index is 0.806. The van der Waals surface area contributed by atoms with Gasteiger partial charge >= 0.3 is 0 Å². The number of unbranched alkanes of at least 4 members (excludes halogenated alkanes) is 1. The summed E-state index contributed by atoms with van der Waals surface area (Å²) >= 11 is 6.59.